The number of aliphatic hydroxyl groups excluding tert-OH is 1. The third-order valence-corrected chi connectivity index (χ3v) is 4.63. The maximum absolute atomic E-state index is 12.2. The molecule has 2 saturated heterocycles. The molecule has 1 aromatic heterocycles. The van der Waals surface area contributed by atoms with Gasteiger partial charge < -0.3 is 19.9 Å². The van der Waals surface area contributed by atoms with E-state index in [1.165, 1.54) is 0 Å². The third-order valence-electron chi connectivity index (χ3n) is 4.63. The third kappa shape index (κ3) is 2.76. The van der Waals surface area contributed by atoms with Crippen LogP contribution in [0.25, 0.3) is 0 Å². The molecule has 2 aliphatic heterocycles. The van der Waals surface area contributed by atoms with Gasteiger partial charge in [-0.2, -0.15) is 5.10 Å². The second-order valence-electron chi connectivity index (χ2n) is 6.11. The van der Waals surface area contributed by atoms with E-state index in [1.54, 1.807) is 0 Å². The van der Waals surface area contributed by atoms with Gasteiger partial charge in [0.15, 0.2) is 0 Å². The van der Waals surface area contributed by atoms with Crippen molar-refractivity contribution >= 4 is 5.91 Å². The number of aromatic nitrogens is 2. The predicted molar refractivity (Wildman–Crippen MR) is 78.4 cm³/mol. The summed E-state index contributed by atoms with van der Waals surface area (Å²) in [6.07, 6.45) is -0.0618. The summed E-state index contributed by atoms with van der Waals surface area (Å²) in [5.74, 6) is -0.0260. The summed E-state index contributed by atoms with van der Waals surface area (Å²) >= 11 is 0. The Morgan fingerprint density at radius 1 is 1.36 bits per heavy atom. The standard InChI is InChI=1S/C15H23N3O4/c1-8-10(9(2)18(3)17-8)4-5-13(20)16-11-6-21-15-12(19)7-22-14(11)15/h11-12,14-15,19H,4-7H2,1-3H3,(H,16,20)/t11-,12-,14-,15-/m1/s1. The second-order valence-corrected chi connectivity index (χ2v) is 6.11. The lowest BCUT2D eigenvalue weighted by Gasteiger charge is -2.17. The average Bonchev–Trinajstić information content (AvgIpc) is 3.09. The quantitative estimate of drug-likeness (QED) is 0.791. The molecule has 22 heavy (non-hydrogen) atoms. The number of nitrogens with one attached hydrogen (secondary N) is 1. The van der Waals surface area contributed by atoms with Crippen molar-refractivity contribution in [3.63, 3.8) is 0 Å². The molecular formula is C15H23N3O4. The predicted octanol–water partition coefficient (Wildman–Crippen LogP) is -0.387. The number of amides is 1. The first-order chi connectivity index (χ1) is 10.5. The van der Waals surface area contributed by atoms with Crippen LogP contribution in [0, 0.1) is 13.8 Å². The average molecular weight is 309 g/mol. The zero-order valence-corrected chi connectivity index (χ0v) is 13.2. The summed E-state index contributed by atoms with van der Waals surface area (Å²) in [4.78, 5) is 12.2. The molecular weight excluding hydrogens is 286 g/mol. The molecule has 0 aromatic carbocycles. The van der Waals surface area contributed by atoms with Gasteiger partial charge in [0.1, 0.15) is 18.3 Å². The van der Waals surface area contributed by atoms with Crippen molar-refractivity contribution in [3.8, 4) is 0 Å². The van der Waals surface area contributed by atoms with Crippen molar-refractivity contribution in [2.45, 2.75) is 51.0 Å². The number of aliphatic hydroxyl groups is 1. The van der Waals surface area contributed by atoms with Crippen LogP contribution in [0.3, 0.4) is 0 Å². The van der Waals surface area contributed by atoms with Crippen LogP contribution in [0.4, 0.5) is 0 Å². The molecule has 2 N–H and O–H groups in total. The van der Waals surface area contributed by atoms with Crippen molar-refractivity contribution in [2.75, 3.05) is 13.2 Å². The van der Waals surface area contributed by atoms with Crippen molar-refractivity contribution in [1.29, 1.82) is 0 Å². The van der Waals surface area contributed by atoms with E-state index < -0.39 is 6.10 Å². The summed E-state index contributed by atoms with van der Waals surface area (Å²) < 4.78 is 12.8. The minimum atomic E-state index is -0.590. The molecule has 0 spiro atoms. The molecule has 0 saturated carbocycles. The highest BCUT2D eigenvalue weighted by Crippen LogP contribution is 2.27. The van der Waals surface area contributed by atoms with Gasteiger partial charge in [-0.3, -0.25) is 9.48 Å². The summed E-state index contributed by atoms with van der Waals surface area (Å²) in [6, 6.07) is -0.175. The summed E-state index contributed by atoms with van der Waals surface area (Å²) in [6.45, 7) is 4.64. The van der Waals surface area contributed by atoms with Crippen LogP contribution < -0.4 is 5.32 Å². The van der Waals surface area contributed by atoms with Crippen LogP contribution in [0.2, 0.25) is 0 Å². The van der Waals surface area contributed by atoms with Crippen LogP contribution in [-0.4, -0.2) is 58.4 Å². The van der Waals surface area contributed by atoms with Crippen LogP contribution in [0.5, 0.6) is 0 Å². The van der Waals surface area contributed by atoms with Gasteiger partial charge in [0.05, 0.1) is 24.9 Å². The fourth-order valence-electron chi connectivity index (χ4n) is 3.30. The minimum Gasteiger partial charge on any atom is -0.388 e. The van der Waals surface area contributed by atoms with Crippen molar-refractivity contribution in [1.82, 2.24) is 15.1 Å². The largest absolute Gasteiger partial charge is 0.388 e. The molecule has 2 aliphatic rings. The van der Waals surface area contributed by atoms with E-state index in [1.807, 2.05) is 25.6 Å². The van der Waals surface area contributed by atoms with Gasteiger partial charge in [-0.05, 0) is 25.8 Å². The Balaban J connectivity index is 1.53. The monoisotopic (exact) mass is 309 g/mol. The van der Waals surface area contributed by atoms with Gasteiger partial charge in [-0.15, -0.1) is 0 Å². The van der Waals surface area contributed by atoms with E-state index in [-0.39, 0.29) is 30.8 Å². The number of nitrogens with zero attached hydrogens (tertiary/aromatic N) is 2. The molecule has 1 aromatic rings. The fraction of sp³-hybridized carbons (Fsp3) is 0.733. The van der Waals surface area contributed by atoms with Crippen molar-refractivity contribution < 1.29 is 19.4 Å². The summed E-state index contributed by atoms with van der Waals surface area (Å²) in [5, 5.41) is 17.0. The number of carbonyl (C=O) groups excluding carboxylic acids is 1. The molecule has 3 rings (SSSR count). The van der Waals surface area contributed by atoms with E-state index in [4.69, 9.17) is 9.47 Å². The van der Waals surface area contributed by atoms with E-state index in [2.05, 4.69) is 10.4 Å². The Bertz CT molecular complexity index is 571. The number of aryl methyl sites for hydroxylation is 2. The van der Waals surface area contributed by atoms with Gasteiger partial charge in [0.2, 0.25) is 5.91 Å². The Morgan fingerprint density at radius 2 is 2.09 bits per heavy atom. The maximum atomic E-state index is 12.2. The number of hydrogen-bond acceptors (Lipinski definition) is 5. The zero-order chi connectivity index (χ0) is 15.9. The van der Waals surface area contributed by atoms with Gasteiger partial charge in [-0.1, -0.05) is 0 Å². The number of rotatable bonds is 4. The van der Waals surface area contributed by atoms with Crippen LogP contribution in [0.15, 0.2) is 0 Å². The number of hydrogen-bond donors (Lipinski definition) is 2. The van der Waals surface area contributed by atoms with Gasteiger partial charge in [-0.25, -0.2) is 0 Å². The normalized spacial score (nSPS) is 30.5. The Hall–Kier alpha value is -1.44. The van der Waals surface area contributed by atoms with E-state index >= 15 is 0 Å². The number of ether oxygens (including phenoxy) is 2. The van der Waals surface area contributed by atoms with Gasteiger partial charge in [0.25, 0.3) is 0 Å². The zero-order valence-electron chi connectivity index (χ0n) is 13.2. The molecule has 0 unspecified atom stereocenters. The van der Waals surface area contributed by atoms with Crippen LogP contribution in [-0.2, 0) is 27.7 Å². The van der Waals surface area contributed by atoms with Crippen molar-refractivity contribution in [3.05, 3.63) is 17.0 Å². The van der Waals surface area contributed by atoms with E-state index in [0.717, 1.165) is 17.0 Å². The molecule has 3 heterocycles. The van der Waals surface area contributed by atoms with Gasteiger partial charge in [0, 0.05) is 19.2 Å². The molecule has 0 bridgehead atoms. The Morgan fingerprint density at radius 3 is 2.77 bits per heavy atom. The summed E-state index contributed by atoms with van der Waals surface area (Å²) in [7, 11) is 1.91. The Kier molecular flexibility index (Phi) is 4.20. The Labute approximate surface area is 129 Å². The number of fused-ring (bicyclic) bond motifs is 1. The summed E-state index contributed by atoms with van der Waals surface area (Å²) in [5.41, 5.74) is 3.20. The maximum Gasteiger partial charge on any atom is 0.220 e. The highest BCUT2D eigenvalue weighted by atomic mass is 16.6. The topological polar surface area (TPSA) is 85.6 Å². The number of carbonyl (C=O) groups is 1. The van der Waals surface area contributed by atoms with Gasteiger partial charge >= 0.3 is 0 Å². The fourth-order valence-corrected chi connectivity index (χ4v) is 3.30. The SMILES string of the molecule is Cc1nn(C)c(C)c1CCC(=O)N[C@@H]1CO[C@H]2[C@@H]1OC[C@H]2O. The molecule has 0 radical (unpaired) electrons. The molecule has 4 atom stereocenters. The first-order valence-corrected chi connectivity index (χ1v) is 7.67. The van der Waals surface area contributed by atoms with Crippen LogP contribution in [0.1, 0.15) is 23.4 Å². The minimum absolute atomic E-state index is 0.0260. The first-order valence-electron chi connectivity index (χ1n) is 7.67. The van der Waals surface area contributed by atoms with Crippen molar-refractivity contribution in [2.24, 2.45) is 7.05 Å². The first kappa shape index (κ1) is 15.5. The lowest BCUT2D eigenvalue weighted by molar-refractivity contribution is -0.122. The molecule has 7 heteroatoms. The van der Waals surface area contributed by atoms with Crippen LogP contribution >= 0.6 is 0 Å². The smallest absolute Gasteiger partial charge is 0.220 e. The molecule has 7 nitrogen and oxygen atoms in total. The lowest BCUT2D eigenvalue weighted by atomic mass is 10.1. The molecule has 1 amide bonds. The molecule has 122 valence electrons. The van der Waals surface area contributed by atoms with E-state index in [9.17, 15) is 9.90 Å². The second kappa shape index (κ2) is 5.98. The molecule has 0 aliphatic carbocycles. The lowest BCUT2D eigenvalue weighted by Crippen LogP contribution is -2.44. The highest BCUT2D eigenvalue weighted by molar-refractivity contribution is 5.76. The highest BCUT2D eigenvalue weighted by Gasteiger charge is 2.47. The van der Waals surface area contributed by atoms with E-state index in [0.29, 0.717) is 19.4 Å². The molecule has 2 fully saturated rings.